The van der Waals surface area contributed by atoms with Crippen molar-refractivity contribution < 1.29 is 4.79 Å². The number of urea groups is 1. The smallest absolute Gasteiger partial charge is 0.314 e. The van der Waals surface area contributed by atoms with Gasteiger partial charge in [0.05, 0.1) is 0 Å². The van der Waals surface area contributed by atoms with Crippen molar-refractivity contribution in [2.24, 2.45) is 0 Å². The van der Waals surface area contributed by atoms with Gasteiger partial charge in [0.25, 0.3) is 0 Å². The highest BCUT2D eigenvalue weighted by Crippen LogP contribution is 2.29. The molecule has 2 amide bonds. The second-order valence-corrected chi connectivity index (χ2v) is 5.62. The topological polar surface area (TPSA) is 41.1 Å². The fourth-order valence-corrected chi connectivity index (χ4v) is 1.61. The molecule has 0 spiro atoms. The Bertz CT molecular complexity index is 452. The lowest BCUT2D eigenvalue weighted by atomic mass is 9.86. The van der Waals surface area contributed by atoms with E-state index in [0.29, 0.717) is 0 Å². The number of benzene rings is 1. The zero-order valence-electron chi connectivity index (χ0n) is 11.8. The largest absolute Gasteiger partial charge is 0.323 e. The van der Waals surface area contributed by atoms with Crippen LogP contribution in [0.3, 0.4) is 0 Å². The molecular weight excluding hydrogens is 224 g/mol. The molecule has 0 aromatic heterocycles. The molecule has 18 heavy (non-hydrogen) atoms. The molecule has 0 atom stereocenters. The molecular formula is C15H22N2O. The van der Waals surface area contributed by atoms with Crippen LogP contribution in [-0.4, -0.2) is 6.03 Å². The van der Waals surface area contributed by atoms with E-state index in [1.165, 1.54) is 0 Å². The first-order valence-electron chi connectivity index (χ1n) is 6.11. The number of anilines is 1. The van der Waals surface area contributed by atoms with Crippen molar-refractivity contribution in [3.63, 3.8) is 0 Å². The minimum Gasteiger partial charge on any atom is -0.314 e. The zero-order chi connectivity index (χ0) is 13.8. The van der Waals surface area contributed by atoms with E-state index in [0.717, 1.165) is 16.8 Å². The molecule has 1 aromatic rings. The molecule has 0 unspecified atom stereocenters. The van der Waals surface area contributed by atoms with Crippen LogP contribution in [0.5, 0.6) is 0 Å². The minimum absolute atomic E-state index is 0.000383. The van der Waals surface area contributed by atoms with Crippen LogP contribution in [0.2, 0.25) is 0 Å². The highest BCUT2D eigenvalue weighted by atomic mass is 16.2. The third kappa shape index (κ3) is 4.24. The number of carbonyl (C=O) groups excluding carboxylic acids is 1. The molecule has 0 fully saturated rings. The number of allylic oxidation sites excluding steroid dienone is 1. The van der Waals surface area contributed by atoms with Crippen molar-refractivity contribution >= 4 is 11.7 Å². The predicted octanol–water partition coefficient (Wildman–Crippen LogP) is 4.03. The van der Waals surface area contributed by atoms with Crippen LogP contribution in [0.4, 0.5) is 10.5 Å². The lowest BCUT2D eigenvalue weighted by molar-refractivity contribution is 0.255. The molecule has 0 saturated carbocycles. The monoisotopic (exact) mass is 246 g/mol. The van der Waals surface area contributed by atoms with Crippen LogP contribution in [0, 0.1) is 0 Å². The van der Waals surface area contributed by atoms with Gasteiger partial charge in [-0.3, -0.25) is 0 Å². The van der Waals surface area contributed by atoms with E-state index in [4.69, 9.17) is 0 Å². The summed E-state index contributed by atoms with van der Waals surface area (Å²) in [6.07, 6.45) is 1.69. The lowest BCUT2D eigenvalue weighted by Crippen LogP contribution is -2.26. The number of hydrogen-bond acceptors (Lipinski definition) is 1. The summed E-state index contributed by atoms with van der Waals surface area (Å²) in [6.45, 7) is 10.2. The molecule has 1 aromatic carbocycles. The molecule has 3 heteroatoms. The standard InChI is InChI=1S/C15H22N2O/c1-11(2)10-16-14(18)17-13-9-7-6-8-12(13)15(3,4)5/h6-10H,1-5H3,(H2,16,17,18). The van der Waals surface area contributed by atoms with Crippen molar-refractivity contribution in [2.45, 2.75) is 40.0 Å². The van der Waals surface area contributed by atoms with Gasteiger partial charge in [-0.2, -0.15) is 0 Å². The maximum absolute atomic E-state index is 11.7. The Morgan fingerprint density at radius 3 is 2.33 bits per heavy atom. The molecule has 3 nitrogen and oxygen atoms in total. The van der Waals surface area contributed by atoms with Gasteiger partial charge in [-0.15, -0.1) is 0 Å². The van der Waals surface area contributed by atoms with Gasteiger partial charge in [0, 0.05) is 11.9 Å². The number of carbonyl (C=O) groups is 1. The van der Waals surface area contributed by atoms with Crippen molar-refractivity contribution in [1.29, 1.82) is 0 Å². The minimum atomic E-state index is -0.215. The fraction of sp³-hybridized carbons (Fsp3) is 0.400. The normalized spacial score (nSPS) is 10.7. The lowest BCUT2D eigenvalue weighted by Gasteiger charge is -2.22. The summed E-state index contributed by atoms with van der Waals surface area (Å²) in [5, 5.41) is 5.57. The first kappa shape index (κ1) is 14.3. The molecule has 0 bridgehead atoms. The molecule has 2 N–H and O–H groups in total. The van der Waals surface area contributed by atoms with Gasteiger partial charge >= 0.3 is 6.03 Å². The molecule has 1 rings (SSSR count). The van der Waals surface area contributed by atoms with E-state index < -0.39 is 0 Å². The maximum atomic E-state index is 11.7. The van der Waals surface area contributed by atoms with Gasteiger partial charge in [-0.25, -0.2) is 4.79 Å². The first-order valence-corrected chi connectivity index (χ1v) is 6.11. The van der Waals surface area contributed by atoms with Gasteiger partial charge < -0.3 is 10.6 Å². The van der Waals surface area contributed by atoms with Crippen LogP contribution >= 0.6 is 0 Å². The Morgan fingerprint density at radius 1 is 1.17 bits per heavy atom. The summed E-state index contributed by atoms with van der Waals surface area (Å²) in [5.74, 6) is 0. The summed E-state index contributed by atoms with van der Waals surface area (Å²) in [5.41, 5.74) is 3.02. The molecule has 0 saturated heterocycles. The van der Waals surface area contributed by atoms with Gasteiger partial charge in [-0.1, -0.05) is 44.5 Å². The summed E-state index contributed by atoms with van der Waals surface area (Å²) in [6, 6.07) is 7.65. The van der Waals surface area contributed by atoms with Crippen molar-refractivity contribution in [3.8, 4) is 0 Å². The highest BCUT2D eigenvalue weighted by Gasteiger charge is 2.18. The van der Waals surface area contributed by atoms with Gasteiger partial charge in [0.1, 0.15) is 0 Å². The molecule has 0 aliphatic heterocycles. The third-order valence-electron chi connectivity index (χ3n) is 2.48. The van der Waals surface area contributed by atoms with Gasteiger partial charge in [0.15, 0.2) is 0 Å². The van der Waals surface area contributed by atoms with Crippen LogP contribution in [0.25, 0.3) is 0 Å². The summed E-state index contributed by atoms with van der Waals surface area (Å²) in [4.78, 5) is 11.7. The summed E-state index contributed by atoms with van der Waals surface area (Å²) < 4.78 is 0. The Hall–Kier alpha value is -1.77. The van der Waals surface area contributed by atoms with E-state index in [1.54, 1.807) is 6.20 Å². The maximum Gasteiger partial charge on any atom is 0.323 e. The molecule has 0 heterocycles. The molecule has 0 radical (unpaired) electrons. The van der Waals surface area contributed by atoms with Crippen LogP contribution < -0.4 is 10.6 Å². The zero-order valence-corrected chi connectivity index (χ0v) is 11.8. The summed E-state index contributed by atoms with van der Waals surface area (Å²) >= 11 is 0. The fourth-order valence-electron chi connectivity index (χ4n) is 1.61. The molecule has 0 aliphatic rings. The third-order valence-corrected chi connectivity index (χ3v) is 2.48. The average molecular weight is 246 g/mol. The van der Waals surface area contributed by atoms with E-state index in [9.17, 15) is 4.79 Å². The van der Waals surface area contributed by atoms with Crippen molar-refractivity contribution in [2.75, 3.05) is 5.32 Å². The van der Waals surface area contributed by atoms with Crippen LogP contribution in [0.1, 0.15) is 40.2 Å². The Kier molecular flexibility index (Phi) is 4.54. The number of para-hydroxylation sites is 1. The van der Waals surface area contributed by atoms with Gasteiger partial charge in [0.2, 0.25) is 0 Å². The van der Waals surface area contributed by atoms with Gasteiger partial charge in [-0.05, 0) is 30.9 Å². The van der Waals surface area contributed by atoms with E-state index in [1.807, 2.05) is 38.1 Å². The number of nitrogens with one attached hydrogen (secondary N) is 2. The Labute approximate surface area is 109 Å². The van der Waals surface area contributed by atoms with Crippen molar-refractivity contribution in [3.05, 3.63) is 41.6 Å². The van der Waals surface area contributed by atoms with Crippen LogP contribution in [0.15, 0.2) is 36.0 Å². The highest BCUT2D eigenvalue weighted by molar-refractivity contribution is 5.90. The number of amides is 2. The average Bonchev–Trinajstić information content (AvgIpc) is 2.25. The summed E-state index contributed by atoms with van der Waals surface area (Å²) in [7, 11) is 0. The van der Waals surface area contributed by atoms with E-state index in [2.05, 4.69) is 31.4 Å². The number of hydrogen-bond donors (Lipinski definition) is 2. The Morgan fingerprint density at radius 2 is 1.78 bits per heavy atom. The quantitative estimate of drug-likeness (QED) is 0.812. The second kappa shape index (κ2) is 5.71. The van der Waals surface area contributed by atoms with Crippen molar-refractivity contribution in [1.82, 2.24) is 5.32 Å². The molecule has 98 valence electrons. The second-order valence-electron chi connectivity index (χ2n) is 5.62. The molecule has 0 aliphatic carbocycles. The predicted molar refractivity (Wildman–Crippen MR) is 76.7 cm³/mol. The number of rotatable bonds is 2. The van der Waals surface area contributed by atoms with E-state index >= 15 is 0 Å². The van der Waals surface area contributed by atoms with E-state index in [-0.39, 0.29) is 11.4 Å². The Balaban J connectivity index is 2.85. The first-order chi connectivity index (χ1) is 8.30. The SMILES string of the molecule is CC(C)=CNC(=O)Nc1ccccc1C(C)(C)C. The van der Waals surface area contributed by atoms with Crippen LogP contribution in [-0.2, 0) is 5.41 Å².